The molecule has 3 rings (SSSR count). The number of rotatable bonds is 5. The second-order valence-corrected chi connectivity index (χ2v) is 5.11. The molecule has 0 bridgehead atoms. The van der Waals surface area contributed by atoms with Gasteiger partial charge in [0.25, 0.3) is 0 Å². The molecule has 0 atom stereocenters. The van der Waals surface area contributed by atoms with Gasteiger partial charge in [0.2, 0.25) is 5.91 Å². The highest BCUT2D eigenvalue weighted by molar-refractivity contribution is 7.08. The maximum absolute atomic E-state index is 11.5. The Morgan fingerprint density at radius 1 is 1.33 bits per heavy atom. The lowest BCUT2D eigenvalue weighted by Crippen LogP contribution is -2.29. The van der Waals surface area contributed by atoms with Crippen LogP contribution in [0.15, 0.2) is 29.0 Å². The van der Waals surface area contributed by atoms with E-state index in [-0.39, 0.29) is 12.5 Å². The van der Waals surface area contributed by atoms with E-state index < -0.39 is 0 Å². The van der Waals surface area contributed by atoms with Gasteiger partial charge in [-0.2, -0.15) is 15.9 Å². The summed E-state index contributed by atoms with van der Waals surface area (Å²) >= 11 is 1.59. The molecule has 3 heterocycles. The smallest absolute Gasteiger partial charge is 0.239 e. The van der Waals surface area contributed by atoms with Gasteiger partial charge in [0.1, 0.15) is 5.82 Å². The van der Waals surface area contributed by atoms with Gasteiger partial charge in [-0.1, -0.05) is 0 Å². The van der Waals surface area contributed by atoms with E-state index in [1.165, 1.54) is 0 Å². The molecule has 7 nitrogen and oxygen atoms in total. The molecule has 2 N–H and O–H groups in total. The van der Waals surface area contributed by atoms with Gasteiger partial charge in [-0.05, 0) is 30.5 Å². The zero-order valence-corrected chi connectivity index (χ0v) is 12.2. The number of nitrogens with one attached hydrogen (secondary N) is 2. The first kappa shape index (κ1) is 13.5. The topological polar surface area (TPSA) is 84.2 Å². The van der Waals surface area contributed by atoms with E-state index >= 15 is 0 Å². The van der Waals surface area contributed by atoms with E-state index in [2.05, 4.69) is 25.9 Å². The van der Waals surface area contributed by atoms with Crippen LogP contribution in [0.3, 0.4) is 0 Å². The lowest BCUT2D eigenvalue weighted by atomic mass is 10.3. The van der Waals surface area contributed by atoms with Crippen LogP contribution in [-0.4, -0.2) is 38.8 Å². The summed E-state index contributed by atoms with van der Waals surface area (Å²) in [6.45, 7) is 2.68. The Labute approximate surface area is 125 Å². The summed E-state index contributed by atoms with van der Waals surface area (Å²) in [6.07, 6.45) is 0. The van der Waals surface area contributed by atoms with Crippen LogP contribution in [0.5, 0.6) is 0 Å². The van der Waals surface area contributed by atoms with Crippen molar-refractivity contribution in [3.8, 4) is 11.4 Å². The molecule has 0 unspecified atom stereocenters. The number of fused-ring (bicyclic) bond motifs is 1. The van der Waals surface area contributed by atoms with Gasteiger partial charge in [-0.25, -0.2) is 0 Å². The molecule has 0 aliphatic heterocycles. The van der Waals surface area contributed by atoms with Crippen LogP contribution in [0.25, 0.3) is 17.0 Å². The third-order valence-electron chi connectivity index (χ3n) is 2.85. The van der Waals surface area contributed by atoms with Crippen LogP contribution >= 0.6 is 11.3 Å². The molecular formula is C13H14N6OS. The van der Waals surface area contributed by atoms with Gasteiger partial charge in [0, 0.05) is 17.5 Å². The van der Waals surface area contributed by atoms with Crippen LogP contribution in [-0.2, 0) is 4.79 Å². The molecule has 0 aromatic carbocycles. The van der Waals surface area contributed by atoms with Crippen LogP contribution < -0.4 is 10.6 Å². The van der Waals surface area contributed by atoms with Gasteiger partial charge >= 0.3 is 0 Å². The Hall–Kier alpha value is -2.48. The van der Waals surface area contributed by atoms with Gasteiger partial charge in [0.15, 0.2) is 11.5 Å². The Bertz CT molecular complexity index is 751. The van der Waals surface area contributed by atoms with E-state index in [9.17, 15) is 4.79 Å². The van der Waals surface area contributed by atoms with Crippen molar-refractivity contribution in [1.29, 1.82) is 0 Å². The molecule has 21 heavy (non-hydrogen) atoms. The molecule has 8 heteroatoms. The first-order chi connectivity index (χ1) is 10.3. The van der Waals surface area contributed by atoms with Crippen LogP contribution in [0.4, 0.5) is 5.82 Å². The predicted octanol–water partition coefficient (Wildman–Crippen LogP) is 1.40. The number of nitrogens with zero attached hydrogens (tertiary/aromatic N) is 4. The van der Waals surface area contributed by atoms with E-state index in [1.54, 1.807) is 21.9 Å². The number of hydrogen-bond acceptors (Lipinski definition) is 6. The number of carbonyl (C=O) groups is 1. The summed E-state index contributed by atoms with van der Waals surface area (Å²) in [5.74, 6) is 1.22. The number of anilines is 1. The summed E-state index contributed by atoms with van der Waals surface area (Å²) in [7, 11) is 0. The molecule has 0 aliphatic rings. The Morgan fingerprint density at radius 3 is 3.00 bits per heavy atom. The van der Waals surface area contributed by atoms with E-state index in [0.29, 0.717) is 23.8 Å². The summed E-state index contributed by atoms with van der Waals surface area (Å²) < 4.78 is 1.67. The summed E-state index contributed by atoms with van der Waals surface area (Å²) in [5, 5.41) is 22.4. The first-order valence-corrected chi connectivity index (χ1v) is 7.48. The fourth-order valence-corrected chi connectivity index (χ4v) is 2.52. The lowest BCUT2D eigenvalue weighted by molar-refractivity contribution is -0.119. The van der Waals surface area contributed by atoms with Crippen LogP contribution in [0.2, 0.25) is 0 Å². The minimum atomic E-state index is -0.0683. The molecule has 0 spiro atoms. The maximum Gasteiger partial charge on any atom is 0.239 e. The summed E-state index contributed by atoms with van der Waals surface area (Å²) in [6, 6.07) is 5.56. The van der Waals surface area contributed by atoms with Gasteiger partial charge in [0.05, 0.1) is 6.54 Å². The average Bonchev–Trinajstić information content (AvgIpc) is 3.13. The third-order valence-corrected chi connectivity index (χ3v) is 3.53. The van der Waals surface area contributed by atoms with E-state index in [4.69, 9.17) is 0 Å². The van der Waals surface area contributed by atoms with Crippen molar-refractivity contribution in [3.05, 3.63) is 29.0 Å². The Kier molecular flexibility index (Phi) is 3.78. The molecule has 0 aliphatic carbocycles. The number of likely N-dealkylation sites (N-methyl/N-ethyl adjacent to an activating group) is 1. The molecule has 0 radical (unpaired) electrons. The monoisotopic (exact) mass is 302 g/mol. The second kappa shape index (κ2) is 5.88. The van der Waals surface area contributed by atoms with Crippen molar-refractivity contribution in [3.63, 3.8) is 0 Å². The molecule has 1 amide bonds. The SMILES string of the molecule is CCNC(=O)CNc1ccc2nnc(-c3ccsc3)n2n1. The fourth-order valence-electron chi connectivity index (χ4n) is 1.89. The van der Waals surface area contributed by atoms with Crippen molar-refractivity contribution in [2.45, 2.75) is 6.92 Å². The molecule has 0 fully saturated rings. The first-order valence-electron chi connectivity index (χ1n) is 6.53. The van der Waals surface area contributed by atoms with Crippen molar-refractivity contribution in [1.82, 2.24) is 25.1 Å². The van der Waals surface area contributed by atoms with Crippen molar-refractivity contribution in [2.75, 3.05) is 18.4 Å². The fraction of sp³-hybridized carbons (Fsp3) is 0.231. The molecule has 0 saturated carbocycles. The highest BCUT2D eigenvalue weighted by Gasteiger charge is 2.10. The lowest BCUT2D eigenvalue weighted by Gasteiger charge is -2.06. The number of carbonyl (C=O) groups excluding carboxylic acids is 1. The van der Waals surface area contributed by atoms with Gasteiger partial charge in [-0.15, -0.1) is 15.3 Å². The third kappa shape index (κ3) is 2.84. The van der Waals surface area contributed by atoms with Crippen molar-refractivity contribution in [2.24, 2.45) is 0 Å². The largest absolute Gasteiger partial charge is 0.360 e. The highest BCUT2D eigenvalue weighted by atomic mass is 32.1. The van der Waals surface area contributed by atoms with Crippen LogP contribution in [0.1, 0.15) is 6.92 Å². The highest BCUT2D eigenvalue weighted by Crippen LogP contribution is 2.20. The Morgan fingerprint density at radius 2 is 2.24 bits per heavy atom. The van der Waals surface area contributed by atoms with Crippen molar-refractivity contribution < 1.29 is 4.79 Å². The number of aromatic nitrogens is 4. The molecular weight excluding hydrogens is 288 g/mol. The summed E-state index contributed by atoms with van der Waals surface area (Å²) in [4.78, 5) is 11.5. The minimum Gasteiger partial charge on any atom is -0.360 e. The zero-order valence-electron chi connectivity index (χ0n) is 11.4. The van der Waals surface area contributed by atoms with Crippen molar-refractivity contribution >= 4 is 28.7 Å². The number of thiophene rings is 1. The average molecular weight is 302 g/mol. The van der Waals surface area contributed by atoms with Gasteiger partial charge in [-0.3, -0.25) is 4.79 Å². The molecule has 3 aromatic rings. The number of hydrogen-bond donors (Lipinski definition) is 2. The van der Waals surface area contributed by atoms with E-state index in [0.717, 1.165) is 5.56 Å². The standard InChI is InChI=1S/C13H14N6OS/c1-2-14-12(20)7-15-10-3-4-11-16-17-13(19(11)18-10)9-5-6-21-8-9/h3-6,8H,2,7H2,1H3,(H,14,20)(H,15,18). The zero-order chi connectivity index (χ0) is 14.7. The van der Waals surface area contributed by atoms with Crippen LogP contribution in [0, 0.1) is 0 Å². The second-order valence-electron chi connectivity index (χ2n) is 4.33. The quantitative estimate of drug-likeness (QED) is 0.744. The van der Waals surface area contributed by atoms with E-state index in [1.807, 2.05) is 29.8 Å². The number of amides is 1. The molecule has 0 saturated heterocycles. The normalized spacial score (nSPS) is 10.7. The minimum absolute atomic E-state index is 0.0683. The maximum atomic E-state index is 11.5. The molecule has 3 aromatic heterocycles. The van der Waals surface area contributed by atoms with Gasteiger partial charge < -0.3 is 10.6 Å². The Balaban J connectivity index is 1.85. The predicted molar refractivity (Wildman–Crippen MR) is 81.3 cm³/mol. The summed E-state index contributed by atoms with van der Waals surface area (Å²) in [5.41, 5.74) is 1.64. The molecule has 108 valence electrons.